The van der Waals surface area contributed by atoms with Crippen LogP contribution in [0.2, 0.25) is 28.2 Å². The molecule has 0 radical (unpaired) electrons. The van der Waals surface area contributed by atoms with Gasteiger partial charge in [-0.2, -0.15) is 0 Å². The molecule has 1 aromatic rings. The van der Waals surface area contributed by atoms with Crippen molar-refractivity contribution in [2.75, 3.05) is 18.5 Å². The molecule has 1 N–H and O–H groups in total. The molecule has 1 heterocycles. The Bertz CT molecular complexity index is 526. The molecule has 1 saturated heterocycles. The van der Waals surface area contributed by atoms with Crippen molar-refractivity contribution in [2.45, 2.75) is 57.5 Å². The van der Waals surface area contributed by atoms with Crippen LogP contribution in [0.3, 0.4) is 0 Å². The highest BCUT2D eigenvalue weighted by Crippen LogP contribution is 2.38. The molecule has 0 aliphatic carbocycles. The summed E-state index contributed by atoms with van der Waals surface area (Å²) in [7, 11) is -1.82. The molecular weight excluding hydrogens is 349 g/mol. The largest absolute Gasteiger partial charge is 0.412 e. The van der Waals surface area contributed by atoms with E-state index in [1.807, 2.05) is 12.1 Å². The van der Waals surface area contributed by atoms with Gasteiger partial charge < -0.3 is 14.5 Å². The normalized spacial score (nSPS) is 22.9. The minimum Gasteiger partial charge on any atom is -0.412 e. The summed E-state index contributed by atoms with van der Waals surface area (Å²) in [6, 6.07) is 5.60. The fourth-order valence-corrected chi connectivity index (χ4v) is 4.32. The molecule has 6 heteroatoms. The van der Waals surface area contributed by atoms with Crippen LogP contribution in [0.4, 0.5) is 5.69 Å². The zero-order valence-electron chi connectivity index (χ0n) is 14.6. The lowest BCUT2D eigenvalue weighted by Gasteiger charge is -2.43. The molecular formula is C17H27Cl2NO2Si. The van der Waals surface area contributed by atoms with Gasteiger partial charge in [0.05, 0.1) is 18.8 Å². The number of hydrogen-bond donors (Lipinski definition) is 1. The summed E-state index contributed by atoms with van der Waals surface area (Å²) in [6.45, 7) is 12.7. The van der Waals surface area contributed by atoms with Crippen molar-refractivity contribution in [1.29, 1.82) is 0 Å². The van der Waals surface area contributed by atoms with E-state index < -0.39 is 8.32 Å². The van der Waals surface area contributed by atoms with E-state index in [2.05, 4.69) is 39.2 Å². The second-order valence-corrected chi connectivity index (χ2v) is 13.3. The predicted octanol–water partition coefficient (Wildman–Crippen LogP) is 5.58. The average Bonchev–Trinajstić information content (AvgIpc) is 2.38. The van der Waals surface area contributed by atoms with Crippen molar-refractivity contribution >= 4 is 37.2 Å². The van der Waals surface area contributed by atoms with E-state index in [0.717, 1.165) is 18.7 Å². The van der Waals surface area contributed by atoms with Crippen LogP contribution in [0.25, 0.3) is 0 Å². The average molecular weight is 376 g/mol. The highest BCUT2D eigenvalue weighted by Gasteiger charge is 2.41. The van der Waals surface area contributed by atoms with Crippen LogP contribution in [-0.4, -0.2) is 33.7 Å². The van der Waals surface area contributed by atoms with Gasteiger partial charge in [-0.1, -0.05) is 44.0 Å². The Labute approximate surface area is 150 Å². The molecule has 3 nitrogen and oxygen atoms in total. The Morgan fingerprint density at radius 1 is 1.17 bits per heavy atom. The number of nitrogens with one attached hydrogen (secondary N) is 1. The van der Waals surface area contributed by atoms with Crippen LogP contribution in [0, 0.1) is 0 Å². The molecule has 130 valence electrons. The van der Waals surface area contributed by atoms with E-state index in [-0.39, 0.29) is 17.2 Å². The van der Waals surface area contributed by atoms with Crippen LogP contribution >= 0.6 is 23.2 Å². The van der Waals surface area contributed by atoms with Crippen LogP contribution in [0.1, 0.15) is 27.2 Å². The van der Waals surface area contributed by atoms with Gasteiger partial charge >= 0.3 is 0 Å². The van der Waals surface area contributed by atoms with Crippen molar-refractivity contribution in [1.82, 2.24) is 0 Å². The zero-order chi connectivity index (χ0) is 17.3. The van der Waals surface area contributed by atoms with E-state index >= 15 is 0 Å². The summed E-state index contributed by atoms with van der Waals surface area (Å²) in [5.41, 5.74) is 0.904. The van der Waals surface area contributed by atoms with E-state index in [0.29, 0.717) is 16.7 Å². The number of halogens is 2. The lowest BCUT2D eigenvalue weighted by molar-refractivity contribution is 0.00887. The van der Waals surface area contributed by atoms with E-state index in [4.69, 9.17) is 32.4 Å². The first-order chi connectivity index (χ1) is 10.6. The van der Waals surface area contributed by atoms with E-state index in [9.17, 15) is 0 Å². The third kappa shape index (κ3) is 5.10. The lowest BCUT2D eigenvalue weighted by Crippen LogP contribution is -2.52. The van der Waals surface area contributed by atoms with E-state index in [1.54, 1.807) is 6.07 Å². The molecule has 0 unspecified atom stereocenters. The third-order valence-corrected chi connectivity index (χ3v) is 9.70. The first-order valence-corrected chi connectivity index (χ1v) is 11.7. The minimum atomic E-state index is -1.82. The Morgan fingerprint density at radius 2 is 1.78 bits per heavy atom. The number of benzene rings is 1. The molecule has 1 aromatic carbocycles. The van der Waals surface area contributed by atoms with Gasteiger partial charge in [0.15, 0.2) is 8.32 Å². The Morgan fingerprint density at radius 3 is 2.35 bits per heavy atom. The number of ether oxygens (including phenoxy) is 1. The summed E-state index contributed by atoms with van der Waals surface area (Å²) in [4.78, 5) is 0. The van der Waals surface area contributed by atoms with Gasteiger partial charge in [0, 0.05) is 22.3 Å². The molecule has 1 fully saturated rings. The topological polar surface area (TPSA) is 30.5 Å². The fourth-order valence-electron chi connectivity index (χ4n) is 2.40. The third-order valence-electron chi connectivity index (χ3n) is 4.76. The highest BCUT2D eigenvalue weighted by molar-refractivity contribution is 6.74. The van der Waals surface area contributed by atoms with Crippen molar-refractivity contribution < 1.29 is 9.16 Å². The van der Waals surface area contributed by atoms with Crippen LogP contribution in [-0.2, 0) is 9.16 Å². The summed E-state index contributed by atoms with van der Waals surface area (Å²) < 4.78 is 12.3. The molecule has 2 atom stereocenters. The number of hydrogen-bond acceptors (Lipinski definition) is 3. The first kappa shape index (κ1) is 19.1. The molecule has 23 heavy (non-hydrogen) atoms. The van der Waals surface area contributed by atoms with Gasteiger partial charge in [-0.3, -0.25) is 0 Å². The van der Waals surface area contributed by atoms with Gasteiger partial charge in [0.2, 0.25) is 0 Å². The van der Waals surface area contributed by atoms with Crippen molar-refractivity contribution in [3.05, 3.63) is 28.2 Å². The SMILES string of the molecule is CC(C)(C)[Si](C)(C)O[C@H]1CCOC[C@@H]1Nc1cc(Cl)cc(Cl)c1. The summed E-state index contributed by atoms with van der Waals surface area (Å²) in [5, 5.41) is 4.93. The van der Waals surface area contributed by atoms with Crippen molar-refractivity contribution in [3.8, 4) is 0 Å². The Kier molecular flexibility index (Phi) is 6.07. The molecule has 2 rings (SSSR count). The second-order valence-electron chi connectivity index (χ2n) is 7.69. The van der Waals surface area contributed by atoms with Gasteiger partial charge in [-0.15, -0.1) is 0 Å². The first-order valence-electron chi connectivity index (χ1n) is 8.07. The smallest absolute Gasteiger partial charge is 0.192 e. The van der Waals surface area contributed by atoms with Gasteiger partial charge in [-0.05, 0) is 42.8 Å². The predicted molar refractivity (Wildman–Crippen MR) is 101 cm³/mol. The van der Waals surface area contributed by atoms with Gasteiger partial charge in [0.25, 0.3) is 0 Å². The molecule has 0 amide bonds. The second kappa shape index (κ2) is 7.32. The maximum atomic E-state index is 6.62. The molecule has 1 aliphatic heterocycles. The van der Waals surface area contributed by atoms with Crippen molar-refractivity contribution in [2.24, 2.45) is 0 Å². The summed E-state index contributed by atoms with van der Waals surface area (Å²) in [5.74, 6) is 0. The standard InChI is InChI=1S/C17H27Cl2NO2Si/c1-17(2,3)23(4,5)22-16-6-7-21-11-15(16)20-14-9-12(18)8-13(19)10-14/h8-10,15-16,20H,6-7,11H2,1-5H3/t15-,16-/m0/s1. The van der Waals surface area contributed by atoms with Crippen LogP contribution in [0.5, 0.6) is 0 Å². The molecule has 0 saturated carbocycles. The zero-order valence-corrected chi connectivity index (χ0v) is 17.1. The molecule has 1 aliphatic rings. The number of anilines is 1. The van der Waals surface area contributed by atoms with Crippen molar-refractivity contribution in [3.63, 3.8) is 0 Å². The van der Waals surface area contributed by atoms with Crippen LogP contribution in [0.15, 0.2) is 18.2 Å². The van der Waals surface area contributed by atoms with Crippen LogP contribution < -0.4 is 5.32 Å². The maximum Gasteiger partial charge on any atom is 0.192 e. The minimum absolute atomic E-state index is 0.104. The monoisotopic (exact) mass is 375 g/mol. The molecule has 0 bridgehead atoms. The van der Waals surface area contributed by atoms with Gasteiger partial charge in [0.1, 0.15) is 0 Å². The Hall–Kier alpha value is -0.263. The quantitative estimate of drug-likeness (QED) is 0.696. The maximum absolute atomic E-state index is 6.62. The lowest BCUT2D eigenvalue weighted by atomic mass is 10.1. The van der Waals surface area contributed by atoms with E-state index in [1.165, 1.54) is 0 Å². The fraction of sp³-hybridized carbons (Fsp3) is 0.647. The summed E-state index contributed by atoms with van der Waals surface area (Å²) >= 11 is 12.2. The molecule has 0 aromatic heterocycles. The number of rotatable bonds is 4. The highest BCUT2D eigenvalue weighted by atomic mass is 35.5. The Balaban J connectivity index is 2.12. The van der Waals surface area contributed by atoms with Gasteiger partial charge in [-0.25, -0.2) is 0 Å². The molecule has 0 spiro atoms. The summed E-state index contributed by atoms with van der Waals surface area (Å²) in [6.07, 6.45) is 1.04.